The van der Waals surface area contributed by atoms with Gasteiger partial charge in [0.25, 0.3) is 0 Å². The van der Waals surface area contributed by atoms with Gasteiger partial charge in [-0.1, -0.05) is 0 Å². The molecule has 30 heavy (non-hydrogen) atoms. The molecule has 1 aromatic carbocycles. The van der Waals surface area contributed by atoms with E-state index in [4.69, 9.17) is 0 Å². The van der Waals surface area contributed by atoms with E-state index in [0.717, 1.165) is 34.0 Å². The number of fused-ring (bicyclic) bond motifs is 1. The summed E-state index contributed by atoms with van der Waals surface area (Å²) in [6.45, 7) is 3.84. The third-order valence-corrected chi connectivity index (χ3v) is 5.42. The Bertz CT molecular complexity index is 1230. The predicted molar refractivity (Wildman–Crippen MR) is 111 cm³/mol. The topological polar surface area (TPSA) is 84.0 Å². The van der Waals surface area contributed by atoms with Gasteiger partial charge in [-0.15, -0.1) is 0 Å². The summed E-state index contributed by atoms with van der Waals surface area (Å²) in [7, 11) is 2.00. The largest absolute Gasteiger partial charge is 0.390 e. The summed E-state index contributed by atoms with van der Waals surface area (Å²) in [6, 6.07) is 7.98. The van der Waals surface area contributed by atoms with E-state index in [-0.39, 0.29) is 11.9 Å². The zero-order valence-corrected chi connectivity index (χ0v) is 16.7. The lowest BCUT2D eigenvalue weighted by Crippen LogP contribution is -2.49. The van der Waals surface area contributed by atoms with Crippen molar-refractivity contribution in [2.24, 2.45) is 7.05 Å². The van der Waals surface area contributed by atoms with E-state index in [1.807, 2.05) is 49.0 Å². The van der Waals surface area contributed by atoms with Crippen LogP contribution in [-0.4, -0.2) is 53.5 Å². The highest BCUT2D eigenvalue weighted by atomic mass is 19.1. The van der Waals surface area contributed by atoms with Crippen molar-refractivity contribution >= 4 is 22.5 Å². The Hall–Kier alpha value is -3.30. The number of aliphatic hydroxyl groups excluding tert-OH is 1. The van der Waals surface area contributed by atoms with Gasteiger partial charge in [0, 0.05) is 61.2 Å². The molecule has 1 fully saturated rings. The molecule has 3 aromatic heterocycles. The maximum absolute atomic E-state index is 14.5. The molecule has 1 aliphatic rings. The second-order valence-electron chi connectivity index (χ2n) is 7.72. The highest BCUT2D eigenvalue weighted by Crippen LogP contribution is 2.23. The van der Waals surface area contributed by atoms with Crippen LogP contribution in [0.2, 0.25) is 0 Å². The van der Waals surface area contributed by atoms with Crippen molar-refractivity contribution in [3.63, 3.8) is 0 Å². The Morgan fingerprint density at radius 3 is 2.90 bits per heavy atom. The van der Waals surface area contributed by atoms with Gasteiger partial charge in [-0.2, -0.15) is 10.1 Å². The number of rotatable bonds is 5. The Kier molecular flexibility index (Phi) is 4.48. The monoisotopic (exact) mass is 407 g/mol. The van der Waals surface area contributed by atoms with Crippen molar-refractivity contribution < 1.29 is 9.50 Å². The SMILES string of the molecule is Cc1nn(-c2nc(Nc3ccc4c(ccn4C)c3)ncc2F)cc1CN1CC(O)C1. The molecule has 0 amide bonds. The number of nitrogens with zero attached hydrogens (tertiary/aromatic N) is 6. The average Bonchev–Trinajstić information content (AvgIpc) is 3.25. The summed E-state index contributed by atoms with van der Waals surface area (Å²) < 4.78 is 18.0. The fourth-order valence-corrected chi connectivity index (χ4v) is 3.74. The Morgan fingerprint density at radius 1 is 1.27 bits per heavy atom. The van der Waals surface area contributed by atoms with Gasteiger partial charge >= 0.3 is 0 Å². The molecule has 0 saturated carbocycles. The van der Waals surface area contributed by atoms with E-state index in [2.05, 4.69) is 25.3 Å². The molecule has 0 spiro atoms. The molecular weight excluding hydrogens is 385 g/mol. The summed E-state index contributed by atoms with van der Waals surface area (Å²) in [5, 5.41) is 18.1. The maximum Gasteiger partial charge on any atom is 0.229 e. The van der Waals surface area contributed by atoms with Gasteiger partial charge in [0.05, 0.1) is 18.0 Å². The van der Waals surface area contributed by atoms with Crippen LogP contribution < -0.4 is 5.32 Å². The highest BCUT2D eigenvalue weighted by molar-refractivity contribution is 5.84. The number of benzene rings is 1. The zero-order chi connectivity index (χ0) is 20.8. The summed E-state index contributed by atoms with van der Waals surface area (Å²) in [4.78, 5) is 10.5. The average molecular weight is 407 g/mol. The molecule has 1 saturated heterocycles. The van der Waals surface area contributed by atoms with Crippen molar-refractivity contribution in [2.75, 3.05) is 18.4 Å². The quantitative estimate of drug-likeness (QED) is 0.529. The van der Waals surface area contributed by atoms with Crippen LogP contribution in [0.4, 0.5) is 16.0 Å². The molecule has 0 atom stereocenters. The molecule has 0 radical (unpaired) electrons. The van der Waals surface area contributed by atoms with Gasteiger partial charge in [-0.25, -0.2) is 14.1 Å². The summed E-state index contributed by atoms with van der Waals surface area (Å²) >= 11 is 0. The van der Waals surface area contributed by atoms with Crippen LogP contribution in [0.5, 0.6) is 0 Å². The number of aryl methyl sites for hydroxylation is 2. The van der Waals surface area contributed by atoms with Gasteiger partial charge in [0.15, 0.2) is 11.6 Å². The third-order valence-electron chi connectivity index (χ3n) is 5.42. The Balaban J connectivity index is 1.40. The van der Waals surface area contributed by atoms with Crippen LogP contribution >= 0.6 is 0 Å². The Labute approximate surface area is 172 Å². The fourth-order valence-electron chi connectivity index (χ4n) is 3.74. The first kappa shape index (κ1) is 18.7. The Morgan fingerprint density at radius 2 is 2.10 bits per heavy atom. The summed E-state index contributed by atoms with van der Waals surface area (Å²) in [5.41, 5.74) is 3.72. The lowest BCUT2D eigenvalue weighted by molar-refractivity contribution is -0.00297. The molecular formula is C21H22FN7O. The molecule has 8 nitrogen and oxygen atoms in total. The maximum atomic E-state index is 14.5. The number of anilines is 2. The normalized spacial score (nSPS) is 14.9. The minimum Gasteiger partial charge on any atom is -0.390 e. The number of hydrogen-bond acceptors (Lipinski definition) is 6. The number of nitrogens with one attached hydrogen (secondary N) is 1. The molecule has 0 unspecified atom stereocenters. The second kappa shape index (κ2) is 7.19. The third kappa shape index (κ3) is 3.42. The van der Waals surface area contributed by atoms with Gasteiger partial charge in [0.1, 0.15) is 0 Å². The van der Waals surface area contributed by atoms with Crippen LogP contribution in [0.1, 0.15) is 11.3 Å². The molecule has 4 heterocycles. The smallest absolute Gasteiger partial charge is 0.229 e. The van der Waals surface area contributed by atoms with E-state index in [0.29, 0.717) is 25.6 Å². The van der Waals surface area contributed by atoms with Crippen molar-refractivity contribution in [2.45, 2.75) is 19.6 Å². The number of halogens is 1. The minimum absolute atomic E-state index is 0.0892. The summed E-state index contributed by atoms with van der Waals surface area (Å²) in [6.07, 6.45) is 4.67. The number of hydrogen-bond donors (Lipinski definition) is 2. The minimum atomic E-state index is -0.549. The fraction of sp³-hybridized carbons (Fsp3) is 0.286. The first-order valence-corrected chi connectivity index (χ1v) is 9.77. The van der Waals surface area contributed by atoms with Crippen LogP contribution in [0.3, 0.4) is 0 Å². The molecule has 0 bridgehead atoms. The first-order valence-electron chi connectivity index (χ1n) is 9.77. The predicted octanol–water partition coefficient (Wildman–Crippen LogP) is 2.52. The molecule has 1 aliphatic heterocycles. The van der Waals surface area contributed by atoms with Crippen LogP contribution in [0.15, 0.2) is 42.9 Å². The highest BCUT2D eigenvalue weighted by Gasteiger charge is 2.25. The van der Waals surface area contributed by atoms with Crippen LogP contribution in [-0.2, 0) is 13.6 Å². The van der Waals surface area contributed by atoms with Gasteiger partial charge in [-0.3, -0.25) is 4.90 Å². The van der Waals surface area contributed by atoms with E-state index in [1.165, 1.54) is 4.68 Å². The van der Waals surface area contributed by atoms with Crippen molar-refractivity contribution in [3.05, 3.63) is 59.9 Å². The van der Waals surface area contributed by atoms with E-state index >= 15 is 0 Å². The van der Waals surface area contributed by atoms with Crippen molar-refractivity contribution in [3.8, 4) is 5.82 Å². The summed E-state index contributed by atoms with van der Waals surface area (Å²) in [5.74, 6) is -0.166. The number of β-amino-alcohol motifs (C(OH)–C–C–N with tert-alkyl or cyclic N) is 1. The van der Waals surface area contributed by atoms with Crippen LogP contribution in [0.25, 0.3) is 16.7 Å². The molecule has 4 aromatic rings. The van der Waals surface area contributed by atoms with Crippen LogP contribution in [0, 0.1) is 12.7 Å². The number of likely N-dealkylation sites (tertiary alicyclic amines) is 1. The second-order valence-corrected chi connectivity index (χ2v) is 7.72. The van der Waals surface area contributed by atoms with E-state index in [9.17, 15) is 9.50 Å². The zero-order valence-electron chi connectivity index (χ0n) is 16.7. The lowest BCUT2D eigenvalue weighted by atomic mass is 10.1. The molecule has 9 heteroatoms. The van der Waals surface area contributed by atoms with Gasteiger partial charge < -0.3 is 15.0 Å². The van der Waals surface area contributed by atoms with E-state index < -0.39 is 5.82 Å². The van der Waals surface area contributed by atoms with Crippen molar-refractivity contribution in [1.29, 1.82) is 0 Å². The van der Waals surface area contributed by atoms with Crippen molar-refractivity contribution in [1.82, 2.24) is 29.2 Å². The van der Waals surface area contributed by atoms with E-state index in [1.54, 1.807) is 6.20 Å². The molecule has 5 rings (SSSR count). The molecule has 0 aliphatic carbocycles. The van der Waals surface area contributed by atoms with Gasteiger partial charge in [0.2, 0.25) is 5.95 Å². The lowest BCUT2D eigenvalue weighted by Gasteiger charge is -2.35. The molecule has 154 valence electrons. The standard InChI is InChI=1S/C21H22FN7O/c1-13-15(9-28-11-17(30)12-28)10-29(26-13)20-18(22)8-23-21(25-20)24-16-3-4-19-14(7-16)5-6-27(19)2/h3-8,10,17,30H,9,11-12H2,1-2H3,(H,23,24,25). The van der Waals surface area contributed by atoms with Gasteiger partial charge in [-0.05, 0) is 31.2 Å². The molecule has 2 N–H and O–H groups in total. The first-order chi connectivity index (χ1) is 14.5. The number of aromatic nitrogens is 5. The number of aliphatic hydroxyl groups is 1.